The molecule has 0 spiro atoms. The van der Waals surface area contributed by atoms with Gasteiger partial charge in [-0.05, 0) is 75.8 Å². The summed E-state index contributed by atoms with van der Waals surface area (Å²) in [5.41, 5.74) is 15.5. The minimum atomic E-state index is -0.706. The van der Waals surface area contributed by atoms with Crippen molar-refractivity contribution >= 4 is 12.1 Å². The standard InChI is InChI=1S/C16H24N4.C10H22N2O.C7H8O.C5H10.C4H6F2.2C2H6/c1-3-7-14(4-2)18-10-13-8-5-6-9-15(13)20-11-16(17)19-12-20;1-3-5-7-12-8-10(11,9-13)6-4-2;8-6-7-4-2-1-3-5-7;1-4-5(2)3;1-4(6)2-3-5;2*1-2/h5-6,8-9,11-12,14,18H,3-4,7,10,17H2,1-2H3;9,12H,3-8,11H2,1-2H3;1-5,8H,6H2;2,4H2,1,3H3;2H,3H2,1H3;2*1-2H3/b;;;;4-2+;;/t;10-;;;;;/m.1...../s1. The summed E-state index contributed by atoms with van der Waals surface area (Å²) in [7, 11) is 0. The van der Waals surface area contributed by atoms with Crippen LogP contribution >= 0.6 is 0 Å². The lowest BCUT2D eigenvalue weighted by atomic mass is 9.97. The minimum absolute atomic E-state index is 0.140. The van der Waals surface area contributed by atoms with Crippen molar-refractivity contribution in [1.82, 2.24) is 20.2 Å². The number of anilines is 1. The fraction of sp³-hybridized carbons (Fsp3) is 0.565. The summed E-state index contributed by atoms with van der Waals surface area (Å²) in [5, 5.41) is 15.4. The molecule has 2 atom stereocenters. The Morgan fingerprint density at radius 3 is 1.96 bits per heavy atom. The zero-order valence-corrected chi connectivity index (χ0v) is 37.1. The maximum absolute atomic E-state index is 11.3. The number of hydrogen-bond donors (Lipinski definition) is 5. The maximum Gasteiger partial charge on any atom is 0.141 e. The molecule has 322 valence electrons. The van der Waals surface area contributed by atoms with Crippen molar-refractivity contribution in [2.75, 3.05) is 25.5 Å². The first-order chi connectivity index (χ1) is 26.9. The molecule has 7 N–H and O–H groups in total. The molecule has 3 aromatic rings. The number of para-hydroxylation sites is 1. The molecule has 0 fully saturated rings. The summed E-state index contributed by atoms with van der Waals surface area (Å²) in [5.74, 6) is 0.0858. The second kappa shape index (κ2) is 42.4. The van der Waals surface area contributed by atoms with Gasteiger partial charge in [0.15, 0.2) is 0 Å². The van der Waals surface area contributed by atoms with E-state index < -0.39 is 18.0 Å². The summed E-state index contributed by atoms with van der Waals surface area (Å²) >= 11 is 0. The van der Waals surface area contributed by atoms with E-state index in [1.54, 1.807) is 6.33 Å². The Labute approximate surface area is 341 Å². The summed E-state index contributed by atoms with van der Waals surface area (Å²) in [4.78, 5) is 14.8. The average molecular weight is 789 g/mol. The molecule has 3 rings (SSSR count). The van der Waals surface area contributed by atoms with Gasteiger partial charge in [-0.15, -0.1) is 6.58 Å². The van der Waals surface area contributed by atoms with Gasteiger partial charge in [-0.1, -0.05) is 136 Å². The number of aliphatic hydroxyl groups is 1. The first-order valence-electron chi connectivity index (χ1n) is 20.6. The molecule has 8 nitrogen and oxygen atoms in total. The number of hydrogen-bond acceptors (Lipinski definition) is 7. The van der Waals surface area contributed by atoms with Gasteiger partial charge >= 0.3 is 0 Å². The molecule has 2 aromatic carbocycles. The third-order valence-corrected chi connectivity index (χ3v) is 7.68. The van der Waals surface area contributed by atoms with Gasteiger partial charge < -0.3 is 36.6 Å². The summed E-state index contributed by atoms with van der Waals surface area (Å²) in [6, 6.07) is 18.5. The van der Waals surface area contributed by atoms with Crippen molar-refractivity contribution in [1.29, 1.82) is 0 Å². The van der Waals surface area contributed by atoms with E-state index in [-0.39, 0.29) is 6.61 Å². The van der Waals surface area contributed by atoms with Crippen LogP contribution in [0.5, 0.6) is 0 Å². The molecule has 0 radical (unpaired) electrons. The van der Waals surface area contributed by atoms with E-state index in [0.29, 0.717) is 18.4 Å². The van der Waals surface area contributed by atoms with Gasteiger partial charge in [0.1, 0.15) is 25.1 Å². The van der Waals surface area contributed by atoms with Gasteiger partial charge in [0.05, 0.1) is 29.9 Å². The number of aromatic nitrogens is 2. The van der Waals surface area contributed by atoms with E-state index in [1.165, 1.54) is 37.3 Å². The minimum Gasteiger partial charge on any atom is -0.392 e. The molecule has 0 aliphatic carbocycles. The van der Waals surface area contributed by atoms with Gasteiger partial charge in [0, 0.05) is 19.1 Å². The highest BCUT2D eigenvalue weighted by Crippen LogP contribution is 2.16. The van der Waals surface area contributed by atoms with Crippen LogP contribution in [0, 0.1) is 0 Å². The number of nitrogens with one attached hydrogen (secondary N) is 2. The number of nitrogens with zero attached hydrogens (tertiary/aromatic N) is 2. The maximum atomic E-state index is 11.3. The predicted octanol–water partition coefficient (Wildman–Crippen LogP) is 11.2. The van der Waals surface area contributed by atoms with Gasteiger partial charge in [-0.2, -0.15) is 0 Å². The van der Waals surface area contributed by atoms with Gasteiger partial charge in [0.25, 0.3) is 0 Å². The van der Waals surface area contributed by atoms with E-state index in [4.69, 9.17) is 16.6 Å². The zero-order valence-electron chi connectivity index (χ0n) is 37.1. The number of rotatable bonds is 18. The third-order valence-electron chi connectivity index (χ3n) is 7.68. The molecule has 1 unspecified atom stereocenters. The Bertz CT molecular complexity index is 1320. The van der Waals surface area contributed by atoms with E-state index in [1.807, 2.05) is 88.7 Å². The Hall–Kier alpha value is -3.70. The average Bonchev–Trinajstić information content (AvgIpc) is 3.66. The van der Waals surface area contributed by atoms with Gasteiger partial charge in [0.2, 0.25) is 0 Å². The normalized spacial score (nSPS) is 11.5. The number of halogens is 2. The van der Waals surface area contributed by atoms with Crippen LogP contribution in [0.1, 0.15) is 139 Å². The van der Waals surface area contributed by atoms with Crippen molar-refractivity contribution in [2.24, 2.45) is 5.73 Å². The SMILES string of the molecule is C/C(F)=C\CF.C=C(C)CC.CC.CC.CCCC(CC)NCc1ccccc1-n1cnc(N)c1.CCCCNC[C@@](N)(C=O)CCC.OCc1ccccc1. The number of benzene rings is 2. The monoisotopic (exact) mass is 789 g/mol. The molecular formula is C46H82F2N6O2. The molecule has 0 saturated heterocycles. The Morgan fingerprint density at radius 2 is 1.57 bits per heavy atom. The molecule has 1 heterocycles. The Balaban J connectivity index is -0.000000324. The molecule has 0 amide bonds. The lowest BCUT2D eigenvalue weighted by Crippen LogP contribution is -2.50. The van der Waals surface area contributed by atoms with Crippen molar-refractivity contribution in [3.63, 3.8) is 0 Å². The molecule has 0 saturated carbocycles. The molecule has 1 aromatic heterocycles. The number of unbranched alkanes of at least 4 members (excludes halogenated alkanes) is 1. The Kier molecular flexibility index (Phi) is 44.7. The van der Waals surface area contributed by atoms with E-state index in [2.05, 4.69) is 68.1 Å². The van der Waals surface area contributed by atoms with Crippen LogP contribution in [0.25, 0.3) is 5.69 Å². The fourth-order valence-corrected chi connectivity index (χ4v) is 4.40. The fourth-order valence-electron chi connectivity index (χ4n) is 4.40. The number of allylic oxidation sites excluding steroid dienone is 3. The molecule has 0 aliphatic rings. The van der Waals surface area contributed by atoms with Crippen molar-refractivity contribution in [3.05, 3.63) is 102 Å². The number of carbonyl (C=O) groups excluding carboxylic acids is 1. The van der Waals surface area contributed by atoms with Crippen molar-refractivity contribution in [2.45, 2.75) is 152 Å². The highest BCUT2D eigenvalue weighted by atomic mass is 19.1. The first kappa shape index (κ1) is 59.0. The summed E-state index contributed by atoms with van der Waals surface area (Å²) in [6.45, 7) is 27.5. The lowest BCUT2D eigenvalue weighted by molar-refractivity contribution is -0.112. The molecule has 10 heteroatoms. The molecule has 0 bridgehead atoms. The van der Waals surface area contributed by atoms with Crippen LogP contribution < -0.4 is 22.1 Å². The van der Waals surface area contributed by atoms with Crippen LogP contribution in [-0.2, 0) is 17.9 Å². The smallest absolute Gasteiger partial charge is 0.141 e. The largest absolute Gasteiger partial charge is 0.392 e. The number of nitrogen functional groups attached to an aromatic ring is 1. The Morgan fingerprint density at radius 1 is 0.982 bits per heavy atom. The number of nitrogens with two attached hydrogens (primary N) is 2. The topological polar surface area (TPSA) is 131 Å². The van der Waals surface area contributed by atoms with Crippen LogP contribution in [0.4, 0.5) is 14.6 Å². The number of alkyl halides is 1. The second-order valence-corrected chi connectivity index (χ2v) is 12.6. The van der Waals surface area contributed by atoms with E-state index in [0.717, 1.165) is 68.8 Å². The first-order valence-corrected chi connectivity index (χ1v) is 20.6. The van der Waals surface area contributed by atoms with Crippen LogP contribution in [-0.4, -0.2) is 52.3 Å². The van der Waals surface area contributed by atoms with Gasteiger partial charge in [-0.3, -0.25) is 0 Å². The summed E-state index contributed by atoms with van der Waals surface area (Å²) in [6.07, 6.45) is 14.1. The molecule has 0 aliphatic heterocycles. The molecular weight excluding hydrogens is 707 g/mol. The summed E-state index contributed by atoms with van der Waals surface area (Å²) < 4.78 is 24.2. The zero-order chi connectivity index (χ0) is 43.6. The van der Waals surface area contributed by atoms with Crippen molar-refractivity contribution in [3.8, 4) is 5.69 Å². The second-order valence-electron chi connectivity index (χ2n) is 12.6. The number of carbonyl (C=O) groups is 1. The lowest BCUT2D eigenvalue weighted by Gasteiger charge is -2.22. The van der Waals surface area contributed by atoms with Crippen LogP contribution in [0.2, 0.25) is 0 Å². The van der Waals surface area contributed by atoms with Gasteiger partial charge in [-0.25, -0.2) is 13.8 Å². The molecule has 56 heavy (non-hydrogen) atoms. The van der Waals surface area contributed by atoms with Crippen LogP contribution in [0.3, 0.4) is 0 Å². The van der Waals surface area contributed by atoms with Crippen LogP contribution in [0.15, 0.2) is 91.2 Å². The quantitative estimate of drug-likeness (QED) is 0.0493. The number of imidazole rings is 1. The highest BCUT2D eigenvalue weighted by molar-refractivity contribution is 5.64. The van der Waals surface area contributed by atoms with E-state index >= 15 is 0 Å². The van der Waals surface area contributed by atoms with E-state index in [9.17, 15) is 13.6 Å². The van der Waals surface area contributed by atoms with Crippen molar-refractivity contribution < 1.29 is 18.7 Å². The number of aldehydes is 1. The third kappa shape index (κ3) is 34.8. The number of aliphatic hydroxyl groups excluding tert-OH is 1. The highest BCUT2D eigenvalue weighted by Gasteiger charge is 2.22. The predicted molar refractivity (Wildman–Crippen MR) is 240 cm³/mol.